The van der Waals surface area contributed by atoms with Crippen LogP contribution < -0.4 is 5.32 Å². The summed E-state index contributed by atoms with van der Waals surface area (Å²) < 4.78 is 37.8. The van der Waals surface area contributed by atoms with Gasteiger partial charge in [0.15, 0.2) is 0 Å². The third-order valence-electron chi connectivity index (χ3n) is 6.14. The minimum atomic E-state index is -3.47. The molecule has 1 aromatic carbocycles. The molecule has 2 aliphatic rings. The van der Waals surface area contributed by atoms with Crippen molar-refractivity contribution in [1.82, 2.24) is 19.8 Å². The highest BCUT2D eigenvalue weighted by Crippen LogP contribution is 2.40. The number of carbonyl (C=O) groups is 1. The summed E-state index contributed by atoms with van der Waals surface area (Å²) >= 11 is 0. The smallest absolute Gasteiger partial charge is 0.259 e. The molecule has 0 spiro atoms. The van der Waals surface area contributed by atoms with Crippen LogP contribution in [0.5, 0.6) is 0 Å². The fourth-order valence-corrected chi connectivity index (χ4v) is 5.70. The highest BCUT2D eigenvalue weighted by atomic mass is 32.2. The third-order valence-corrected chi connectivity index (χ3v) is 7.96. The average Bonchev–Trinajstić information content (AvgIpc) is 3.61. The maximum absolute atomic E-state index is 13.2. The van der Waals surface area contributed by atoms with Crippen LogP contribution in [0.4, 0.5) is 0 Å². The van der Waals surface area contributed by atoms with Gasteiger partial charge in [-0.05, 0) is 37.0 Å². The lowest BCUT2D eigenvalue weighted by molar-refractivity contribution is 0.0729. The van der Waals surface area contributed by atoms with Crippen molar-refractivity contribution in [3.8, 4) is 0 Å². The van der Waals surface area contributed by atoms with E-state index in [1.165, 1.54) is 4.31 Å². The van der Waals surface area contributed by atoms with E-state index in [-0.39, 0.29) is 18.2 Å². The van der Waals surface area contributed by atoms with Crippen molar-refractivity contribution in [2.75, 3.05) is 26.3 Å². The van der Waals surface area contributed by atoms with E-state index < -0.39 is 10.0 Å². The fourth-order valence-electron chi connectivity index (χ4n) is 4.14. The van der Waals surface area contributed by atoms with Crippen LogP contribution in [0.2, 0.25) is 0 Å². The summed E-state index contributed by atoms with van der Waals surface area (Å²) in [5.74, 6) is -0.0197. The second kappa shape index (κ2) is 8.85. The first-order chi connectivity index (χ1) is 15.9. The van der Waals surface area contributed by atoms with E-state index in [9.17, 15) is 13.2 Å². The lowest BCUT2D eigenvalue weighted by Gasteiger charge is -2.26. The van der Waals surface area contributed by atoms with Crippen molar-refractivity contribution in [2.45, 2.75) is 38.0 Å². The quantitative estimate of drug-likeness (QED) is 0.564. The first-order valence-electron chi connectivity index (χ1n) is 11.1. The van der Waals surface area contributed by atoms with Crippen molar-refractivity contribution < 1.29 is 22.5 Å². The van der Waals surface area contributed by atoms with E-state index in [0.717, 1.165) is 24.1 Å². The van der Waals surface area contributed by atoms with E-state index in [2.05, 4.69) is 15.5 Å². The molecule has 1 N–H and O–H groups in total. The van der Waals surface area contributed by atoms with E-state index in [1.54, 1.807) is 13.0 Å². The number of morpholine rings is 1. The zero-order chi connectivity index (χ0) is 23.0. The Labute approximate surface area is 192 Å². The van der Waals surface area contributed by atoms with Crippen molar-refractivity contribution in [1.29, 1.82) is 0 Å². The number of fused-ring (bicyclic) bond motifs is 1. The van der Waals surface area contributed by atoms with Crippen molar-refractivity contribution in [2.24, 2.45) is 0 Å². The maximum Gasteiger partial charge on any atom is 0.259 e. The van der Waals surface area contributed by atoms with Gasteiger partial charge in [-0.3, -0.25) is 4.79 Å². The Balaban J connectivity index is 1.35. The number of sulfonamides is 1. The Bertz CT molecular complexity index is 1290. The Morgan fingerprint density at radius 1 is 1.18 bits per heavy atom. The van der Waals surface area contributed by atoms with Crippen LogP contribution >= 0.6 is 0 Å². The minimum Gasteiger partial charge on any atom is -0.379 e. The molecule has 2 aromatic heterocycles. The van der Waals surface area contributed by atoms with Crippen LogP contribution in [0.1, 0.15) is 51.6 Å². The fraction of sp³-hybridized carbons (Fsp3) is 0.435. The summed E-state index contributed by atoms with van der Waals surface area (Å²) in [5.41, 5.74) is 3.75. The number of aromatic nitrogens is 2. The molecule has 0 unspecified atom stereocenters. The largest absolute Gasteiger partial charge is 0.379 e. The van der Waals surface area contributed by atoms with Crippen molar-refractivity contribution >= 4 is 27.0 Å². The van der Waals surface area contributed by atoms with Crippen LogP contribution in [0.3, 0.4) is 0 Å². The molecule has 5 rings (SSSR count). The summed E-state index contributed by atoms with van der Waals surface area (Å²) in [6.07, 6.45) is 2.11. The van der Waals surface area contributed by atoms with Crippen LogP contribution in [0, 0.1) is 6.92 Å². The van der Waals surface area contributed by atoms with E-state index in [4.69, 9.17) is 9.26 Å². The average molecular weight is 471 g/mol. The molecule has 3 heterocycles. The number of hydrogen-bond donors (Lipinski definition) is 1. The number of rotatable bonds is 7. The predicted octanol–water partition coefficient (Wildman–Crippen LogP) is 2.50. The Morgan fingerprint density at radius 3 is 2.64 bits per heavy atom. The van der Waals surface area contributed by atoms with Gasteiger partial charge in [0.1, 0.15) is 0 Å². The number of ether oxygens (including phenoxy) is 1. The van der Waals surface area contributed by atoms with Gasteiger partial charge in [0.25, 0.3) is 11.6 Å². The molecule has 0 bridgehead atoms. The molecule has 174 valence electrons. The van der Waals surface area contributed by atoms with Crippen LogP contribution in [0.25, 0.3) is 11.1 Å². The van der Waals surface area contributed by atoms with Crippen LogP contribution in [-0.2, 0) is 27.1 Å². The molecule has 0 radical (unpaired) electrons. The summed E-state index contributed by atoms with van der Waals surface area (Å²) in [4.78, 5) is 17.7. The standard InChI is InChI=1S/C23H26N4O5S/c1-15-21-19(12-20(16-6-7-16)25-23(21)32-26-15)22(28)24-13-17-4-2-3-5-18(17)14-33(29,30)27-8-10-31-11-9-27/h2-5,12,16H,6-11,13-14H2,1H3,(H,24,28). The Morgan fingerprint density at radius 2 is 1.91 bits per heavy atom. The SMILES string of the molecule is Cc1noc2nc(C3CC3)cc(C(=O)NCc3ccccc3CS(=O)(=O)N3CCOCC3)c12. The number of nitrogens with zero attached hydrogens (tertiary/aromatic N) is 3. The molecule has 1 aliphatic heterocycles. The molecule has 33 heavy (non-hydrogen) atoms. The van der Waals surface area contributed by atoms with E-state index in [1.807, 2.05) is 24.3 Å². The van der Waals surface area contributed by atoms with Gasteiger partial charge in [-0.2, -0.15) is 4.31 Å². The van der Waals surface area contributed by atoms with Gasteiger partial charge in [-0.15, -0.1) is 0 Å². The highest BCUT2D eigenvalue weighted by molar-refractivity contribution is 7.88. The van der Waals surface area contributed by atoms with Crippen molar-refractivity contribution in [3.63, 3.8) is 0 Å². The number of aryl methyl sites for hydroxylation is 1. The lowest BCUT2D eigenvalue weighted by Crippen LogP contribution is -2.41. The number of carbonyl (C=O) groups excluding carboxylic acids is 1. The molecule has 9 nitrogen and oxygen atoms in total. The minimum absolute atomic E-state index is 0.116. The number of benzene rings is 1. The van der Waals surface area contributed by atoms with Gasteiger partial charge >= 0.3 is 0 Å². The first-order valence-corrected chi connectivity index (χ1v) is 12.7. The Kier molecular flexibility index (Phi) is 5.90. The molecule has 1 saturated carbocycles. The molecule has 1 aliphatic carbocycles. The van der Waals surface area contributed by atoms with Gasteiger partial charge in [0.2, 0.25) is 10.0 Å². The molecule has 1 saturated heterocycles. The number of hydrogen-bond acceptors (Lipinski definition) is 7. The summed E-state index contributed by atoms with van der Waals surface area (Å²) in [7, 11) is -3.47. The molecular weight excluding hydrogens is 444 g/mol. The summed E-state index contributed by atoms with van der Waals surface area (Å²) in [6.45, 7) is 3.53. The maximum atomic E-state index is 13.2. The molecule has 2 fully saturated rings. The predicted molar refractivity (Wildman–Crippen MR) is 121 cm³/mol. The zero-order valence-electron chi connectivity index (χ0n) is 18.4. The Hall–Kier alpha value is -2.82. The third kappa shape index (κ3) is 4.64. The topological polar surface area (TPSA) is 115 Å². The summed E-state index contributed by atoms with van der Waals surface area (Å²) in [6, 6.07) is 9.11. The molecule has 1 amide bonds. The van der Waals surface area contributed by atoms with Crippen molar-refractivity contribution in [3.05, 3.63) is 58.4 Å². The van der Waals surface area contributed by atoms with Crippen LogP contribution in [-0.4, -0.2) is 55.1 Å². The second-order valence-corrected chi connectivity index (χ2v) is 10.5. The van der Waals surface area contributed by atoms with Gasteiger partial charge in [0, 0.05) is 31.2 Å². The molecule has 10 heteroatoms. The number of pyridine rings is 1. The number of amides is 1. The van der Waals surface area contributed by atoms with E-state index >= 15 is 0 Å². The number of nitrogens with one attached hydrogen (secondary N) is 1. The molecular formula is C23H26N4O5S. The van der Waals surface area contributed by atoms with Crippen LogP contribution in [0.15, 0.2) is 34.9 Å². The molecule has 3 aromatic rings. The lowest BCUT2D eigenvalue weighted by atomic mass is 10.1. The normalized spacial score (nSPS) is 17.4. The van der Waals surface area contributed by atoms with Gasteiger partial charge in [-0.25, -0.2) is 13.4 Å². The first kappa shape index (κ1) is 22.0. The summed E-state index contributed by atoms with van der Waals surface area (Å²) in [5, 5.41) is 7.54. The van der Waals surface area contributed by atoms with Gasteiger partial charge in [0.05, 0.1) is 35.6 Å². The monoisotopic (exact) mass is 470 g/mol. The van der Waals surface area contributed by atoms with E-state index in [0.29, 0.717) is 60.1 Å². The zero-order valence-corrected chi connectivity index (χ0v) is 19.2. The van der Waals surface area contributed by atoms with Gasteiger partial charge in [-0.1, -0.05) is 29.4 Å². The molecule has 0 atom stereocenters. The highest BCUT2D eigenvalue weighted by Gasteiger charge is 2.29. The van der Waals surface area contributed by atoms with Gasteiger partial charge < -0.3 is 14.6 Å². The second-order valence-electron chi connectivity index (χ2n) is 8.54.